The minimum absolute atomic E-state index is 0.0574. The van der Waals surface area contributed by atoms with Crippen LogP contribution in [0.15, 0.2) is 24.3 Å². The predicted octanol–water partition coefficient (Wildman–Crippen LogP) is 8.32. The van der Waals surface area contributed by atoms with Crippen LogP contribution in [0.1, 0.15) is 88.2 Å². The highest BCUT2D eigenvalue weighted by molar-refractivity contribution is 5.40. The van der Waals surface area contributed by atoms with Crippen molar-refractivity contribution in [3.8, 4) is 11.8 Å². The average molecular weight is 439 g/mol. The molecule has 2 aliphatic carbocycles. The third kappa shape index (κ3) is 6.82. The van der Waals surface area contributed by atoms with Crippen LogP contribution in [0.4, 0.5) is 22.0 Å². The Morgan fingerprint density at radius 1 is 0.903 bits per heavy atom. The second-order valence-electron chi connectivity index (χ2n) is 9.15. The molecular weight excluding hydrogens is 407 g/mol. The van der Waals surface area contributed by atoms with Crippen molar-refractivity contribution in [3.05, 3.63) is 47.0 Å². The monoisotopic (exact) mass is 438 g/mol. The van der Waals surface area contributed by atoms with Crippen LogP contribution >= 0.6 is 0 Å². The molecule has 2 saturated carbocycles. The smallest absolute Gasteiger partial charge is 0.206 e. The first kappa shape index (κ1) is 23.8. The highest BCUT2D eigenvalue weighted by Crippen LogP contribution is 2.44. The average Bonchev–Trinajstić information content (AvgIpc) is 2.73. The number of alkyl halides is 3. The van der Waals surface area contributed by atoms with E-state index >= 15 is 0 Å². The molecule has 170 valence electrons. The van der Waals surface area contributed by atoms with E-state index in [2.05, 4.69) is 19.1 Å². The lowest BCUT2D eigenvalue weighted by molar-refractivity contribution is -0.0696. The highest BCUT2D eigenvalue weighted by Gasteiger charge is 2.31. The van der Waals surface area contributed by atoms with Crippen molar-refractivity contribution in [2.75, 3.05) is 0 Å². The molecule has 2 aliphatic rings. The standard InChI is InChI=1S/C26H31F5/c1-2-3-4-5-18-6-8-19(9-7-18)20-10-12-21(13-11-20)22-16-24(27)23(25(28)17-22)14-15-26(29,30)31/h2-3,16-21H,4-13H2,1H3/b3-2+. The zero-order chi connectivity index (χ0) is 22.4. The molecule has 0 atom stereocenters. The molecule has 0 heterocycles. The molecule has 0 saturated heterocycles. The molecule has 0 unspecified atom stereocenters. The SMILES string of the molecule is C/C=C/CCC1CCC(C2CCC(c3cc(F)c(C#CC(F)(F)F)c(F)c3)CC2)CC1. The minimum atomic E-state index is -4.78. The molecule has 0 aromatic heterocycles. The number of halogens is 5. The van der Waals surface area contributed by atoms with Gasteiger partial charge in [0.25, 0.3) is 0 Å². The van der Waals surface area contributed by atoms with Gasteiger partial charge in [-0.3, -0.25) is 0 Å². The van der Waals surface area contributed by atoms with Crippen molar-refractivity contribution in [1.29, 1.82) is 0 Å². The molecule has 0 N–H and O–H groups in total. The second-order valence-corrected chi connectivity index (χ2v) is 9.15. The lowest BCUT2D eigenvalue weighted by atomic mass is 9.68. The van der Waals surface area contributed by atoms with Crippen LogP contribution in [-0.2, 0) is 0 Å². The maximum Gasteiger partial charge on any atom is 0.458 e. The van der Waals surface area contributed by atoms with Gasteiger partial charge >= 0.3 is 6.18 Å². The molecule has 1 aromatic carbocycles. The summed E-state index contributed by atoms with van der Waals surface area (Å²) in [7, 11) is 0. The van der Waals surface area contributed by atoms with E-state index in [0.717, 1.165) is 43.4 Å². The van der Waals surface area contributed by atoms with Crippen LogP contribution in [0.3, 0.4) is 0 Å². The van der Waals surface area contributed by atoms with Crippen molar-refractivity contribution >= 4 is 0 Å². The third-order valence-electron chi connectivity index (χ3n) is 7.17. The van der Waals surface area contributed by atoms with E-state index in [1.165, 1.54) is 50.7 Å². The Morgan fingerprint density at radius 2 is 1.45 bits per heavy atom. The second kappa shape index (κ2) is 10.7. The fraction of sp³-hybridized carbons (Fsp3) is 0.615. The fourth-order valence-corrected chi connectivity index (χ4v) is 5.45. The fourth-order valence-electron chi connectivity index (χ4n) is 5.45. The van der Waals surface area contributed by atoms with Gasteiger partial charge in [0.05, 0.1) is 5.56 Å². The molecule has 0 amide bonds. The van der Waals surface area contributed by atoms with Crippen LogP contribution in [-0.4, -0.2) is 6.18 Å². The molecular formula is C26H31F5. The molecule has 1 aromatic rings. The van der Waals surface area contributed by atoms with E-state index in [-0.39, 0.29) is 5.92 Å². The van der Waals surface area contributed by atoms with Gasteiger partial charge in [-0.05, 0) is 99.7 Å². The summed E-state index contributed by atoms with van der Waals surface area (Å²) < 4.78 is 65.2. The number of rotatable bonds is 5. The van der Waals surface area contributed by atoms with Crippen molar-refractivity contribution in [3.63, 3.8) is 0 Å². The van der Waals surface area contributed by atoms with Gasteiger partial charge in [-0.25, -0.2) is 8.78 Å². The first-order chi connectivity index (χ1) is 14.8. The summed E-state index contributed by atoms with van der Waals surface area (Å²) in [6, 6.07) is 2.34. The number of benzene rings is 1. The van der Waals surface area contributed by atoms with Gasteiger partial charge < -0.3 is 0 Å². The van der Waals surface area contributed by atoms with E-state index < -0.39 is 23.4 Å². The number of hydrogen-bond acceptors (Lipinski definition) is 0. The summed E-state index contributed by atoms with van der Waals surface area (Å²) in [4.78, 5) is 0. The zero-order valence-corrected chi connectivity index (χ0v) is 18.1. The first-order valence-corrected chi connectivity index (χ1v) is 11.5. The maximum atomic E-state index is 14.2. The van der Waals surface area contributed by atoms with Crippen LogP contribution in [0.5, 0.6) is 0 Å². The summed E-state index contributed by atoms with van der Waals surface area (Å²) in [5.74, 6) is 2.85. The molecule has 2 fully saturated rings. The normalized spacial score (nSPS) is 27.2. The van der Waals surface area contributed by atoms with Crippen molar-refractivity contribution in [2.24, 2.45) is 17.8 Å². The minimum Gasteiger partial charge on any atom is -0.206 e. The Labute approximate surface area is 182 Å². The van der Waals surface area contributed by atoms with Crippen molar-refractivity contribution in [1.82, 2.24) is 0 Å². The summed E-state index contributed by atoms with van der Waals surface area (Å²) in [6.45, 7) is 2.06. The summed E-state index contributed by atoms with van der Waals surface area (Å²) in [5.41, 5.74) is -0.264. The zero-order valence-electron chi connectivity index (χ0n) is 18.1. The topological polar surface area (TPSA) is 0 Å². The number of hydrogen-bond donors (Lipinski definition) is 0. The van der Waals surface area contributed by atoms with E-state index in [1.54, 1.807) is 5.92 Å². The Morgan fingerprint density at radius 3 is 1.97 bits per heavy atom. The highest BCUT2D eigenvalue weighted by atomic mass is 19.4. The molecule has 5 heteroatoms. The van der Waals surface area contributed by atoms with Crippen molar-refractivity contribution < 1.29 is 22.0 Å². The van der Waals surface area contributed by atoms with Gasteiger partial charge in [0.1, 0.15) is 11.6 Å². The lowest BCUT2D eigenvalue weighted by Gasteiger charge is -2.38. The van der Waals surface area contributed by atoms with Crippen LogP contribution in [0.25, 0.3) is 0 Å². The molecule has 0 spiro atoms. The Hall–Kier alpha value is -1.83. The van der Waals surface area contributed by atoms with Crippen LogP contribution in [0, 0.1) is 41.2 Å². The quantitative estimate of drug-likeness (QED) is 0.246. The Kier molecular flexibility index (Phi) is 8.19. The van der Waals surface area contributed by atoms with E-state index in [4.69, 9.17) is 0 Å². The van der Waals surface area contributed by atoms with Gasteiger partial charge in [0.15, 0.2) is 0 Å². The van der Waals surface area contributed by atoms with Crippen LogP contribution in [0.2, 0.25) is 0 Å². The van der Waals surface area contributed by atoms with Gasteiger partial charge in [-0.15, -0.1) is 0 Å². The molecule has 0 bridgehead atoms. The van der Waals surface area contributed by atoms with Gasteiger partial charge in [-0.1, -0.05) is 30.9 Å². The molecule has 0 radical (unpaired) electrons. The van der Waals surface area contributed by atoms with E-state index in [9.17, 15) is 22.0 Å². The molecule has 0 nitrogen and oxygen atoms in total. The van der Waals surface area contributed by atoms with E-state index in [1.807, 2.05) is 0 Å². The Balaban J connectivity index is 1.53. The predicted molar refractivity (Wildman–Crippen MR) is 113 cm³/mol. The summed E-state index contributed by atoms with van der Waals surface area (Å²) >= 11 is 0. The van der Waals surface area contributed by atoms with Crippen molar-refractivity contribution in [2.45, 2.75) is 83.2 Å². The maximum absolute atomic E-state index is 14.2. The molecule has 0 aliphatic heterocycles. The lowest BCUT2D eigenvalue weighted by Crippen LogP contribution is -2.25. The summed E-state index contributed by atoms with van der Waals surface area (Å²) in [5, 5.41) is 0. The largest absolute Gasteiger partial charge is 0.458 e. The van der Waals surface area contributed by atoms with E-state index in [0.29, 0.717) is 11.5 Å². The van der Waals surface area contributed by atoms with Crippen LogP contribution < -0.4 is 0 Å². The molecule has 3 rings (SSSR count). The first-order valence-electron chi connectivity index (χ1n) is 11.5. The summed E-state index contributed by atoms with van der Waals surface area (Å²) in [6.07, 6.45) is 11.1. The Bertz CT molecular complexity index is 787. The number of allylic oxidation sites excluding steroid dienone is 2. The third-order valence-corrected chi connectivity index (χ3v) is 7.17. The van der Waals surface area contributed by atoms with Gasteiger partial charge in [0.2, 0.25) is 0 Å². The molecule has 31 heavy (non-hydrogen) atoms. The van der Waals surface area contributed by atoms with Gasteiger partial charge in [-0.2, -0.15) is 13.2 Å². The van der Waals surface area contributed by atoms with Gasteiger partial charge in [0, 0.05) is 5.92 Å².